The molecule has 0 saturated heterocycles. The molecule has 0 rings (SSSR count). The van der Waals surface area contributed by atoms with E-state index < -0.39 is 60.7 Å². The van der Waals surface area contributed by atoms with Crippen molar-refractivity contribution in [3.63, 3.8) is 0 Å². The Hall–Kier alpha value is -2.73. The number of carbonyl (C=O) groups excluding carboxylic acids is 4. The predicted molar refractivity (Wildman–Crippen MR) is 109 cm³/mol. The average Bonchev–Trinajstić information content (AvgIpc) is 2.68. The van der Waals surface area contributed by atoms with Gasteiger partial charge in [-0.2, -0.15) is 0 Å². The van der Waals surface area contributed by atoms with Crippen molar-refractivity contribution < 1.29 is 29.1 Å². The number of rotatable bonds is 15. The molecule has 30 heavy (non-hydrogen) atoms. The van der Waals surface area contributed by atoms with Crippen molar-refractivity contribution in [1.29, 1.82) is 0 Å². The average molecular weight is 431 g/mol. The SMILES string of the molecule is CCC(C)C(N)C(=O)NC(CC(N)=O)C(=O)NC(CCCCN)C(=O)NCC(=O)O. The molecule has 0 spiro atoms. The van der Waals surface area contributed by atoms with Crippen LogP contribution >= 0.6 is 0 Å². The van der Waals surface area contributed by atoms with Crippen LogP contribution in [0.3, 0.4) is 0 Å². The Labute approximate surface area is 175 Å². The molecule has 0 saturated carbocycles. The zero-order valence-electron chi connectivity index (χ0n) is 17.5. The van der Waals surface area contributed by atoms with Crippen molar-refractivity contribution >= 4 is 29.6 Å². The standard InChI is InChI=1S/C18H34N6O6/c1-3-10(2)15(21)18(30)24-12(8-13(20)25)17(29)23-11(6-4-5-7-19)16(28)22-9-14(26)27/h10-12,15H,3-9,19,21H2,1-2H3,(H2,20,25)(H,22,28)(H,23,29)(H,24,30)(H,26,27). The minimum atomic E-state index is -1.32. The number of hydrogen-bond acceptors (Lipinski definition) is 7. The fraction of sp³-hybridized carbons (Fsp3) is 0.722. The van der Waals surface area contributed by atoms with E-state index in [4.69, 9.17) is 22.3 Å². The number of nitrogens with one attached hydrogen (secondary N) is 3. The van der Waals surface area contributed by atoms with Crippen LogP contribution in [0.15, 0.2) is 0 Å². The summed E-state index contributed by atoms with van der Waals surface area (Å²) in [6, 6.07) is -3.29. The summed E-state index contributed by atoms with van der Waals surface area (Å²) in [7, 11) is 0. The maximum absolute atomic E-state index is 12.7. The molecule has 0 fully saturated rings. The van der Waals surface area contributed by atoms with E-state index in [0.29, 0.717) is 25.8 Å². The van der Waals surface area contributed by atoms with Crippen molar-refractivity contribution in [3.8, 4) is 0 Å². The maximum atomic E-state index is 12.7. The molecule has 0 bridgehead atoms. The van der Waals surface area contributed by atoms with Crippen LogP contribution in [-0.4, -0.2) is 65.9 Å². The normalized spacial score (nSPS) is 14.7. The van der Waals surface area contributed by atoms with Crippen LogP contribution in [0.25, 0.3) is 0 Å². The molecular weight excluding hydrogens is 396 g/mol. The summed E-state index contributed by atoms with van der Waals surface area (Å²) in [4.78, 5) is 59.3. The highest BCUT2D eigenvalue weighted by atomic mass is 16.4. The van der Waals surface area contributed by atoms with Crippen LogP contribution in [0.2, 0.25) is 0 Å². The molecule has 172 valence electrons. The predicted octanol–water partition coefficient (Wildman–Crippen LogP) is -2.47. The number of carboxylic acid groups (broad SMARTS) is 1. The van der Waals surface area contributed by atoms with Gasteiger partial charge in [0.15, 0.2) is 0 Å². The molecule has 12 nitrogen and oxygen atoms in total. The number of carbonyl (C=O) groups is 5. The van der Waals surface area contributed by atoms with E-state index in [-0.39, 0.29) is 12.3 Å². The molecule has 0 aromatic carbocycles. The number of carboxylic acids is 1. The van der Waals surface area contributed by atoms with Crippen molar-refractivity contribution in [3.05, 3.63) is 0 Å². The first-order chi connectivity index (χ1) is 14.0. The number of amides is 4. The lowest BCUT2D eigenvalue weighted by Crippen LogP contribution is -2.57. The van der Waals surface area contributed by atoms with Crippen LogP contribution in [-0.2, 0) is 24.0 Å². The Morgan fingerprint density at radius 3 is 2.07 bits per heavy atom. The second-order valence-electron chi connectivity index (χ2n) is 7.10. The number of aliphatic carboxylic acids is 1. The fourth-order valence-corrected chi connectivity index (χ4v) is 2.51. The first-order valence-electron chi connectivity index (χ1n) is 9.87. The van der Waals surface area contributed by atoms with Crippen molar-refractivity contribution in [1.82, 2.24) is 16.0 Å². The number of nitrogens with two attached hydrogens (primary N) is 3. The molecule has 4 unspecified atom stereocenters. The first kappa shape index (κ1) is 27.3. The van der Waals surface area contributed by atoms with Gasteiger partial charge in [-0.3, -0.25) is 24.0 Å². The minimum Gasteiger partial charge on any atom is -0.480 e. The highest BCUT2D eigenvalue weighted by Crippen LogP contribution is 2.07. The van der Waals surface area contributed by atoms with E-state index in [9.17, 15) is 24.0 Å². The lowest BCUT2D eigenvalue weighted by atomic mass is 9.99. The summed E-state index contributed by atoms with van der Waals surface area (Å²) in [5.41, 5.74) is 16.5. The van der Waals surface area contributed by atoms with Crippen LogP contribution in [0.1, 0.15) is 46.0 Å². The lowest BCUT2D eigenvalue weighted by molar-refractivity contribution is -0.139. The van der Waals surface area contributed by atoms with Gasteiger partial charge in [0.25, 0.3) is 0 Å². The van der Waals surface area contributed by atoms with Gasteiger partial charge in [-0.05, 0) is 31.7 Å². The van der Waals surface area contributed by atoms with Gasteiger partial charge in [0, 0.05) is 0 Å². The summed E-state index contributed by atoms with van der Waals surface area (Å²) in [6.07, 6.45) is 1.42. The molecule has 0 aliphatic carbocycles. The molecule has 0 heterocycles. The zero-order valence-corrected chi connectivity index (χ0v) is 17.5. The third kappa shape index (κ3) is 10.7. The maximum Gasteiger partial charge on any atom is 0.322 e. The summed E-state index contributed by atoms with van der Waals surface area (Å²) in [5.74, 6) is -4.37. The molecule has 4 amide bonds. The quantitative estimate of drug-likeness (QED) is 0.138. The number of unbranched alkanes of at least 4 members (excludes halogenated alkanes) is 1. The second kappa shape index (κ2) is 14.3. The Morgan fingerprint density at radius 2 is 1.57 bits per heavy atom. The zero-order chi connectivity index (χ0) is 23.3. The topological polar surface area (TPSA) is 220 Å². The van der Waals surface area contributed by atoms with Gasteiger partial charge < -0.3 is 38.3 Å². The highest BCUT2D eigenvalue weighted by Gasteiger charge is 2.30. The summed E-state index contributed by atoms with van der Waals surface area (Å²) >= 11 is 0. The molecule has 0 radical (unpaired) electrons. The van der Waals surface area contributed by atoms with Gasteiger partial charge in [-0.25, -0.2) is 0 Å². The Bertz CT molecular complexity index is 614. The van der Waals surface area contributed by atoms with Gasteiger partial charge in [0.05, 0.1) is 12.5 Å². The third-order valence-corrected chi connectivity index (χ3v) is 4.59. The molecular formula is C18H34N6O6. The summed E-state index contributed by atoms with van der Waals surface area (Å²) < 4.78 is 0. The van der Waals surface area contributed by atoms with E-state index in [2.05, 4.69) is 16.0 Å². The van der Waals surface area contributed by atoms with Crippen molar-refractivity contribution in [2.75, 3.05) is 13.1 Å². The second-order valence-corrected chi connectivity index (χ2v) is 7.10. The van der Waals surface area contributed by atoms with Gasteiger partial charge in [-0.15, -0.1) is 0 Å². The van der Waals surface area contributed by atoms with Crippen LogP contribution in [0.5, 0.6) is 0 Å². The van der Waals surface area contributed by atoms with Crippen LogP contribution in [0.4, 0.5) is 0 Å². The Balaban J connectivity index is 5.28. The van der Waals surface area contributed by atoms with Gasteiger partial charge >= 0.3 is 5.97 Å². The van der Waals surface area contributed by atoms with E-state index in [0.717, 1.165) is 0 Å². The van der Waals surface area contributed by atoms with Crippen molar-refractivity contribution in [2.45, 2.75) is 64.1 Å². The smallest absolute Gasteiger partial charge is 0.322 e. The van der Waals surface area contributed by atoms with Gasteiger partial charge in [0.2, 0.25) is 23.6 Å². The van der Waals surface area contributed by atoms with E-state index in [1.165, 1.54) is 0 Å². The van der Waals surface area contributed by atoms with Gasteiger partial charge in [0.1, 0.15) is 18.6 Å². The number of hydrogen-bond donors (Lipinski definition) is 7. The van der Waals surface area contributed by atoms with E-state index in [1.807, 2.05) is 6.92 Å². The largest absolute Gasteiger partial charge is 0.480 e. The number of primary amides is 1. The summed E-state index contributed by atoms with van der Waals surface area (Å²) in [6.45, 7) is 3.39. The fourth-order valence-electron chi connectivity index (χ4n) is 2.51. The first-order valence-corrected chi connectivity index (χ1v) is 9.87. The molecule has 0 aromatic heterocycles. The van der Waals surface area contributed by atoms with Crippen molar-refractivity contribution in [2.24, 2.45) is 23.1 Å². The Kier molecular flexibility index (Phi) is 13.0. The monoisotopic (exact) mass is 430 g/mol. The van der Waals surface area contributed by atoms with Crippen LogP contribution < -0.4 is 33.2 Å². The molecule has 12 heteroatoms. The lowest BCUT2D eigenvalue weighted by Gasteiger charge is -2.24. The van der Waals surface area contributed by atoms with Gasteiger partial charge in [-0.1, -0.05) is 20.3 Å². The molecule has 10 N–H and O–H groups in total. The highest BCUT2D eigenvalue weighted by molar-refractivity contribution is 5.95. The molecule has 0 aliphatic heterocycles. The Morgan fingerprint density at radius 1 is 0.967 bits per heavy atom. The third-order valence-electron chi connectivity index (χ3n) is 4.59. The van der Waals surface area contributed by atoms with Crippen LogP contribution in [0, 0.1) is 5.92 Å². The van der Waals surface area contributed by atoms with E-state index >= 15 is 0 Å². The summed E-state index contributed by atoms with van der Waals surface area (Å²) in [5, 5.41) is 15.8. The molecule has 4 atom stereocenters. The molecule has 0 aromatic rings. The molecule has 0 aliphatic rings. The minimum absolute atomic E-state index is 0.159. The van der Waals surface area contributed by atoms with E-state index in [1.54, 1.807) is 6.92 Å².